The highest BCUT2D eigenvalue weighted by molar-refractivity contribution is 9.10. The van der Waals surface area contributed by atoms with E-state index >= 15 is 0 Å². The number of phenolic OH excluding ortho intramolecular Hbond substituents is 5. The zero-order valence-electron chi connectivity index (χ0n) is 25.5. The number of phenols is 5. The standard InChI is InChI=1S/C34H24BrNO5.2C2H6/c35-24-14-8-20(9-15-24)21-10-16-25(17-11-21)36(28-7-3-5-22-4-1-2-6-27(22)28)26-18-12-23(13-19-26)29-30(37)32(39)34(41)33(40)31(29)38;2*1-2/h1-19,37-41H;2*1-2H3. The summed E-state index contributed by atoms with van der Waals surface area (Å²) in [7, 11) is 0. The Morgan fingerprint density at radius 3 is 1.40 bits per heavy atom. The Morgan fingerprint density at radius 1 is 0.444 bits per heavy atom. The lowest BCUT2D eigenvalue weighted by atomic mass is 10.00. The summed E-state index contributed by atoms with van der Waals surface area (Å²) in [5.74, 6) is -4.29. The van der Waals surface area contributed by atoms with Gasteiger partial charge >= 0.3 is 0 Å². The summed E-state index contributed by atoms with van der Waals surface area (Å²) >= 11 is 3.49. The van der Waals surface area contributed by atoms with Crippen molar-refractivity contribution in [3.63, 3.8) is 0 Å². The van der Waals surface area contributed by atoms with Crippen molar-refractivity contribution in [3.8, 4) is 51.0 Å². The number of benzene rings is 6. The Balaban J connectivity index is 0.00000111. The predicted octanol–water partition coefficient (Wildman–Crippen LogP) is 11.0. The molecule has 45 heavy (non-hydrogen) atoms. The zero-order valence-corrected chi connectivity index (χ0v) is 27.1. The highest BCUT2D eigenvalue weighted by atomic mass is 79.9. The van der Waals surface area contributed by atoms with Crippen molar-refractivity contribution in [2.75, 3.05) is 4.90 Å². The van der Waals surface area contributed by atoms with Crippen LogP contribution in [0, 0.1) is 0 Å². The Hall–Kier alpha value is -5.14. The molecular formula is C38H36BrNO5. The van der Waals surface area contributed by atoms with Crippen molar-refractivity contribution >= 4 is 43.8 Å². The summed E-state index contributed by atoms with van der Waals surface area (Å²) < 4.78 is 1.02. The van der Waals surface area contributed by atoms with Gasteiger partial charge in [-0.15, -0.1) is 0 Å². The number of hydrogen-bond acceptors (Lipinski definition) is 6. The molecule has 0 unspecified atom stereocenters. The van der Waals surface area contributed by atoms with Crippen LogP contribution in [0.1, 0.15) is 27.7 Å². The SMILES string of the molecule is CC.CC.Oc1c(O)c(O)c(-c2ccc(N(c3ccc(-c4ccc(Br)cc4)cc3)c3cccc4ccccc34)cc2)c(O)c1O. The minimum Gasteiger partial charge on any atom is -0.504 e. The maximum Gasteiger partial charge on any atom is 0.208 e. The van der Waals surface area contributed by atoms with E-state index in [1.54, 1.807) is 12.1 Å². The molecule has 6 rings (SSSR count). The van der Waals surface area contributed by atoms with Gasteiger partial charge in [0.25, 0.3) is 0 Å². The molecule has 0 radical (unpaired) electrons. The summed E-state index contributed by atoms with van der Waals surface area (Å²) in [4.78, 5) is 2.11. The fourth-order valence-electron chi connectivity index (χ4n) is 5.01. The van der Waals surface area contributed by atoms with E-state index in [4.69, 9.17) is 0 Å². The van der Waals surface area contributed by atoms with E-state index in [2.05, 4.69) is 75.4 Å². The van der Waals surface area contributed by atoms with Gasteiger partial charge in [-0.05, 0) is 64.5 Å². The summed E-state index contributed by atoms with van der Waals surface area (Å²) in [6.45, 7) is 8.00. The second-order valence-electron chi connectivity index (χ2n) is 9.55. The minimum atomic E-state index is -0.992. The first-order valence-corrected chi connectivity index (χ1v) is 15.6. The number of nitrogens with zero attached hydrogens (tertiary/aromatic N) is 1. The van der Waals surface area contributed by atoms with E-state index in [0.717, 1.165) is 43.4 Å². The molecule has 6 nitrogen and oxygen atoms in total. The molecule has 6 aromatic carbocycles. The van der Waals surface area contributed by atoms with Crippen molar-refractivity contribution in [2.24, 2.45) is 0 Å². The van der Waals surface area contributed by atoms with E-state index in [9.17, 15) is 25.5 Å². The molecule has 5 N–H and O–H groups in total. The van der Waals surface area contributed by atoms with E-state index in [-0.39, 0.29) is 5.56 Å². The van der Waals surface area contributed by atoms with Gasteiger partial charge in [-0.25, -0.2) is 0 Å². The first kappa shape index (κ1) is 32.8. The molecule has 7 heteroatoms. The van der Waals surface area contributed by atoms with Gasteiger partial charge in [-0.2, -0.15) is 0 Å². The number of hydrogen-bond donors (Lipinski definition) is 5. The molecule has 0 atom stereocenters. The predicted molar refractivity (Wildman–Crippen MR) is 188 cm³/mol. The van der Waals surface area contributed by atoms with E-state index < -0.39 is 28.7 Å². The van der Waals surface area contributed by atoms with Crippen LogP contribution in [-0.4, -0.2) is 25.5 Å². The average Bonchev–Trinajstić information content (AvgIpc) is 3.10. The smallest absolute Gasteiger partial charge is 0.208 e. The van der Waals surface area contributed by atoms with Gasteiger partial charge in [-0.1, -0.05) is 116 Å². The molecule has 0 aliphatic rings. The van der Waals surface area contributed by atoms with Gasteiger partial charge in [0.05, 0.1) is 11.3 Å². The molecule has 0 heterocycles. The van der Waals surface area contributed by atoms with Crippen LogP contribution in [-0.2, 0) is 0 Å². The molecule has 0 aliphatic heterocycles. The quantitative estimate of drug-likeness (QED) is 0.0927. The lowest BCUT2D eigenvalue weighted by Crippen LogP contribution is -2.10. The van der Waals surface area contributed by atoms with Crippen molar-refractivity contribution in [3.05, 3.63) is 120 Å². The van der Waals surface area contributed by atoms with Gasteiger partial charge in [0, 0.05) is 21.2 Å². The third kappa shape index (κ3) is 6.54. The molecular weight excluding hydrogens is 630 g/mol. The zero-order chi connectivity index (χ0) is 32.7. The summed E-state index contributed by atoms with van der Waals surface area (Å²) in [5.41, 5.74) is 4.98. The van der Waals surface area contributed by atoms with Crippen LogP contribution < -0.4 is 4.90 Å². The lowest BCUT2D eigenvalue weighted by Gasteiger charge is -2.27. The molecule has 0 saturated carbocycles. The van der Waals surface area contributed by atoms with Crippen LogP contribution in [0.3, 0.4) is 0 Å². The summed E-state index contributed by atoms with van der Waals surface area (Å²) in [5, 5.41) is 52.8. The second-order valence-corrected chi connectivity index (χ2v) is 10.5. The Labute approximate surface area is 271 Å². The topological polar surface area (TPSA) is 104 Å². The number of anilines is 3. The van der Waals surface area contributed by atoms with E-state index in [1.807, 2.05) is 76.2 Å². The third-order valence-electron chi connectivity index (χ3n) is 7.10. The maximum atomic E-state index is 10.4. The van der Waals surface area contributed by atoms with E-state index in [1.165, 1.54) is 0 Å². The van der Waals surface area contributed by atoms with Gasteiger partial charge in [0.2, 0.25) is 17.2 Å². The van der Waals surface area contributed by atoms with Gasteiger partial charge < -0.3 is 30.4 Å². The normalized spacial score (nSPS) is 10.3. The Morgan fingerprint density at radius 2 is 0.867 bits per heavy atom. The fraction of sp³-hybridized carbons (Fsp3) is 0.105. The second kappa shape index (κ2) is 14.6. The van der Waals surface area contributed by atoms with Gasteiger partial charge in [0.15, 0.2) is 11.5 Å². The number of halogens is 1. The fourth-order valence-corrected chi connectivity index (χ4v) is 5.28. The van der Waals surface area contributed by atoms with E-state index in [0.29, 0.717) is 5.56 Å². The monoisotopic (exact) mass is 665 g/mol. The molecule has 0 spiro atoms. The molecule has 6 aromatic rings. The van der Waals surface area contributed by atoms with Crippen molar-refractivity contribution < 1.29 is 25.5 Å². The van der Waals surface area contributed by atoms with Crippen molar-refractivity contribution in [2.45, 2.75) is 27.7 Å². The van der Waals surface area contributed by atoms with Crippen LogP contribution in [0.4, 0.5) is 17.1 Å². The molecule has 0 amide bonds. The van der Waals surface area contributed by atoms with Crippen molar-refractivity contribution in [1.82, 2.24) is 0 Å². The van der Waals surface area contributed by atoms with Crippen LogP contribution in [0.5, 0.6) is 28.7 Å². The van der Waals surface area contributed by atoms with Crippen LogP contribution in [0.25, 0.3) is 33.0 Å². The molecule has 0 fully saturated rings. The first-order chi connectivity index (χ1) is 21.8. The van der Waals surface area contributed by atoms with Gasteiger partial charge in [-0.3, -0.25) is 0 Å². The van der Waals surface area contributed by atoms with Crippen molar-refractivity contribution in [1.29, 1.82) is 0 Å². The van der Waals surface area contributed by atoms with Crippen LogP contribution in [0.2, 0.25) is 0 Å². The van der Waals surface area contributed by atoms with Crippen LogP contribution >= 0.6 is 15.9 Å². The van der Waals surface area contributed by atoms with Crippen LogP contribution in [0.15, 0.2) is 120 Å². The largest absolute Gasteiger partial charge is 0.504 e. The maximum absolute atomic E-state index is 10.4. The number of fused-ring (bicyclic) bond motifs is 1. The number of rotatable bonds is 5. The molecule has 0 aromatic heterocycles. The minimum absolute atomic E-state index is 0.195. The number of aromatic hydroxyl groups is 5. The Kier molecular flexibility index (Phi) is 10.6. The van der Waals surface area contributed by atoms with Gasteiger partial charge in [0.1, 0.15) is 0 Å². The molecule has 230 valence electrons. The third-order valence-corrected chi connectivity index (χ3v) is 7.62. The molecule has 0 saturated heterocycles. The first-order valence-electron chi connectivity index (χ1n) is 14.8. The lowest BCUT2D eigenvalue weighted by molar-refractivity contribution is 0.330. The Bertz CT molecular complexity index is 1850. The summed E-state index contributed by atoms with van der Waals surface area (Å²) in [6, 6.07) is 37.6. The average molecular weight is 667 g/mol. The highest BCUT2D eigenvalue weighted by Crippen LogP contribution is 2.55. The molecule has 0 aliphatic carbocycles. The highest BCUT2D eigenvalue weighted by Gasteiger charge is 2.24. The molecule has 0 bridgehead atoms. The summed E-state index contributed by atoms with van der Waals surface area (Å²) in [6.07, 6.45) is 0.